The number of anilines is 1. The summed E-state index contributed by atoms with van der Waals surface area (Å²) in [5, 5.41) is 2.20. The Kier molecular flexibility index (Phi) is 7.50. The van der Waals surface area contributed by atoms with Gasteiger partial charge in [0.05, 0.1) is 17.6 Å². The van der Waals surface area contributed by atoms with Crippen molar-refractivity contribution in [1.29, 1.82) is 0 Å². The summed E-state index contributed by atoms with van der Waals surface area (Å²) >= 11 is 0. The second-order valence-electron chi connectivity index (χ2n) is 7.70. The lowest BCUT2D eigenvalue weighted by Gasteiger charge is -2.40. The highest BCUT2D eigenvalue weighted by atomic mass is 19.2. The molecule has 1 heterocycles. The van der Waals surface area contributed by atoms with Crippen molar-refractivity contribution < 1.29 is 31.9 Å². The van der Waals surface area contributed by atoms with Gasteiger partial charge < -0.3 is 15.0 Å². The fraction of sp³-hybridized carbons (Fsp3) is 0.391. The molecule has 1 aliphatic heterocycles. The van der Waals surface area contributed by atoms with Crippen LogP contribution in [0, 0.1) is 23.3 Å². The molecule has 3 rings (SSSR count). The highest BCUT2D eigenvalue weighted by Gasteiger charge is 2.44. The van der Waals surface area contributed by atoms with Gasteiger partial charge in [0, 0.05) is 19.8 Å². The lowest BCUT2D eigenvalue weighted by atomic mass is 9.73. The highest BCUT2D eigenvalue weighted by Crippen LogP contribution is 2.37. The number of hydrogen-bond acceptors (Lipinski definition) is 3. The zero-order chi connectivity index (χ0) is 23.3. The van der Waals surface area contributed by atoms with Crippen molar-refractivity contribution in [2.45, 2.75) is 31.6 Å². The maximum Gasteiger partial charge on any atom is 0.244 e. The lowest BCUT2D eigenvalue weighted by molar-refractivity contribution is -0.143. The SMILES string of the molecule is CCCN(CC(=O)Nc1ccc(F)c(F)c1F)C(=O)C1(c2ccc(F)cc2)CCOCC1. The second kappa shape index (κ2) is 10.1. The molecule has 0 atom stereocenters. The average Bonchev–Trinajstić information content (AvgIpc) is 2.79. The van der Waals surface area contributed by atoms with Gasteiger partial charge >= 0.3 is 0 Å². The summed E-state index contributed by atoms with van der Waals surface area (Å²) < 4.78 is 59.4. The average molecular weight is 452 g/mol. The van der Waals surface area contributed by atoms with Gasteiger partial charge in [-0.1, -0.05) is 19.1 Å². The number of carbonyl (C=O) groups is 2. The lowest BCUT2D eigenvalue weighted by Crippen LogP contribution is -2.52. The molecule has 0 aliphatic carbocycles. The number of carbonyl (C=O) groups excluding carboxylic acids is 2. The molecule has 2 aromatic carbocycles. The van der Waals surface area contributed by atoms with Crippen molar-refractivity contribution in [2.24, 2.45) is 0 Å². The number of benzene rings is 2. The molecular weight excluding hydrogens is 428 g/mol. The van der Waals surface area contributed by atoms with Crippen LogP contribution in [0.1, 0.15) is 31.7 Å². The van der Waals surface area contributed by atoms with E-state index in [1.54, 1.807) is 12.1 Å². The van der Waals surface area contributed by atoms with Crippen LogP contribution >= 0.6 is 0 Å². The van der Waals surface area contributed by atoms with Crippen LogP contribution in [0.3, 0.4) is 0 Å². The molecule has 0 radical (unpaired) electrons. The summed E-state index contributed by atoms with van der Waals surface area (Å²) in [4.78, 5) is 27.6. The molecule has 9 heteroatoms. The Morgan fingerprint density at radius 2 is 1.66 bits per heavy atom. The highest BCUT2D eigenvalue weighted by molar-refractivity contribution is 5.96. The number of hydrogen-bond donors (Lipinski definition) is 1. The third-order valence-corrected chi connectivity index (χ3v) is 5.58. The van der Waals surface area contributed by atoms with E-state index < -0.39 is 46.8 Å². The largest absolute Gasteiger partial charge is 0.381 e. The number of rotatable bonds is 7. The fourth-order valence-corrected chi connectivity index (χ4v) is 3.93. The Hall–Kier alpha value is -2.94. The molecule has 172 valence electrons. The quantitative estimate of drug-likeness (QED) is 0.507. The minimum Gasteiger partial charge on any atom is -0.381 e. The third-order valence-electron chi connectivity index (χ3n) is 5.58. The fourth-order valence-electron chi connectivity index (χ4n) is 3.93. The van der Waals surface area contributed by atoms with E-state index in [-0.39, 0.29) is 12.5 Å². The van der Waals surface area contributed by atoms with E-state index in [1.165, 1.54) is 17.0 Å². The first-order chi connectivity index (χ1) is 15.3. The maximum absolute atomic E-state index is 13.9. The summed E-state index contributed by atoms with van der Waals surface area (Å²) in [5.41, 5.74) is -0.883. The third kappa shape index (κ3) is 4.93. The molecule has 1 saturated heterocycles. The van der Waals surface area contributed by atoms with E-state index in [0.29, 0.717) is 44.1 Å². The first-order valence-corrected chi connectivity index (χ1v) is 10.3. The molecule has 0 aromatic heterocycles. The zero-order valence-electron chi connectivity index (χ0n) is 17.6. The zero-order valence-corrected chi connectivity index (χ0v) is 17.6. The Morgan fingerprint density at radius 3 is 2.28 bits per heavy atom. The van der Waals surface area contributed by atoms with Gasteiger partial charge in [0.1, 0.15) is 5.82 Å². The molecule has 32 heavy (non-hydrogen) atoms. The minimum absolute atomic E-state index is 0.246. The monoisotopic (exact) mass is 452 g/mol. The number of halogens is 4. The molecule has 1 N–H and O–H groups in total. The molecule has 0 saturated carbocycles. The summed E-state index contributed by atoms with van der Waals surface area (Å²) in [6, 6.07) is 7.29. The van der Waals surface area contributed by atoms with Crippen LogP contribution in [0.2, 0.25) is 0 Å². The van der Waals surface area contributed by atoms with Crippen molar-refractivity contribution >= 4 is 17.5 Å². The summed E-state index contributed by atoms with van der Waals surface area (Å²) in [6.07, 6.45) is 1.27. The summed E-state index contributed by atoms with van der Waals surface area (Å²) in [6.45, 7) is 2.33. The predicted molar refractivity (Wildman–Crippen MR) is 110 cm³/mol. The molecule has 0 bridgehead atoms. The van der Waals surface area contributed by atoms with Crippen LogP contribution in [0.15, 0.2) is 36.4 Å². The Bertz CT molecular complexity index is 976. The molecule has 0 unspecified atom stereocenters. The predicted octanol–water partition coefficient (Wildman–Crippen LogP) is 4.17. The van der Waals surface area contributed by atoms with Crippen LogP contribution in [0.25, 0.3) is 0 Å². The molecule has 1 aliphatic rings. The van der Waals surface area contributed by atoms with Crippen molar-refractivity contribution in [3.05, 3.63) is 65.2 Å². The Balaban J connectivity index is 1.84. The smallest absolute Gasteiger partial charge is 0.244 e. The summed E-state index contributed by atoms with van der Waals surface area (Å²) in [5.74, 6) is -6.08. The molecule has 0 spiro atoms. The number of nitrogens with one attached hydrogen (secondary N) is 1. The number of nitrogens with zero attached hydrogens (tertiary/aromatic N) is 1. The van der Waals surface area contributed by atoms with E-state index in [9.17, 15) is 27.2 Å². The van der Waals surface area contributed by atoms with Crippen molar-refractivity contribution in [3.8, 4) is 0 Å². The number of ether oxygens (including phenoxy) is 1. The van der Waals surface area contributed by atoms with Crippen LogP contribution in [-0.4, -0.2) is 43.0 Å². The Morgan fingerprint density at radius 1 is 1.00 bits per heavy atom. The van der Waals surface area contributed by atoms with E-state index in [4.69, 9.17) is 4.74 Å². The van der Waals surface area contributed by atoms with Gasteiger partial charge in [-0.2, -0.15) is 0 Å². The van der Waals surface area contributed by atoms with E-state index in [1.807, 2.05) is 6.92 Å². The molecule has 5 nitrogen and oxygen atoms in total. The van der Waals surface area contributed by atoms with Crippen LogP contribution in [-0.2, 0) is 19.7 Å². The molecular formula is C23H24F4N2O3. The van der Waals surface area contributed by atoms with Gasteiger partial charge in [-0.25, -0.2) is 17.6 Å². The second-order valence-corrected chi connectivity index (χ2v) is 7.70. The van der Waals surface area contributed by atoms with Gasteiger partial charge in [0.2, 0.25) is 11.8 Å². The molecule has 1 fully saturated rings. The molecule has 2 amide bonds. The van der Waals surface area contributed by atoms with Crippen LogP contribution in [0.4, 0.5) is 23.2 Å². The number of amides is 2. The maximum atomic E-state index is 13.9. The van der Waals surface area contributed by atoms with Gasteiger partial charge in [0.15, 0.2) is 17.5 Å². The van der Waals surface area contributed by atoms with Gasteiger partial charge in [-0.3, -0.25) is 9.59 Å². The van der Waals surface area contributed by atoms with Gasteiger partial charge in [0.25, 0.3) is 0 Å². The Labute approximate surface area is 183 Å². The van der Waals surface area contributed by atoms with E-state index in [2.05, 4.69) is 5.32 Å². The van der Waals surface area contributed by atoms with Crippen molar-refractivity contribution in [1.82, 2.24) is 4.90 Å². The van der Waals surface area contributed by atoms with E-state index in [0.717, 1.165) is 6.07 Å². The van der Waals surface area contributed by atoms with Gasteiger partial charge in [-0.05, 0) is 49.1 Å². The normalized spacial score (nSPS) is 15.3. The minimum atomic E-state index is -1.69. The first kappa shape index (κ1) is 23.7. The van der Waals surface area contributed by atoms with Crippen LogP contribution in [0.5, 0.6) is 0 Å². The van der Waals surface area contributed by atoms with E-state index >= 15 is 0 Å². The standard InChI is InChI=1S/C23H24F4N2O3/c1-2-11-29(14-19(30)28-18-8-7-17(25)20(26)21(18)27)22(31)23(9-12-32-13-10-23)15-3-5-16(24)6-4-15/h3-8H,2,9-14H2,1H3,(H,28,30). The van der Waals surface area contributed by atoms with Crippen molar-refractivity contribution in [3.63, 3.8) is 0 Å². The van der Waals surface area contributed by atoms with Crippen molar-refractivity contribution in [2.75, 3.05) is 31.6 Å². The van der Waals surface area contributed by atoms with Gasteiger partial charge in [-0.15, -0.1) is 0 Å². The topological polar surface area (TPSA) is 58.6 Å². The molecule has 2 aromatic rings. The summed E-state index contributed by atoms with van der Waals surface area (Å²) in [7, 11) is 0. The first-order valence-electron chi connectivity index (χ1n) is 10.3. The van der Waals surface area contributed by atoms with Crippen LogP contribution < -0.4 is 5.32 Å².